The normalized spacial score (nSPS) is 21.9. The highest BCUT2D eigenvalue weighted by molar-refractivity contribution is 6.30. The Hall–Kier alpha value is -1.55. The van der Waals surface area contributed by atoms with Crippen molar-refractivity contribution >= 4 is 23.5 Å². The first kappa shape index (κ1) is 14.9. The molecule has 1 aromatic rings. The summed E-state index contributed by atoms with van der Waals surface area (Å²) in [6.07, 6.45) is 1.02. The molecule has 0 atom stereocenters. The number of carboxylic acids is 1. The quantitative estimate of drug-likeness (QED) is 0.897. The molecule has 0 radical (unpaired) electrons. The lowest BCUT2D eigenvalue weighted by Crippen LogP contribution is -2.51. The third-order valence-electron chi connectivity index (χ3n) is 3.96. The molecule has 0 spiro atoms. The van der Waals surface area contributed by atoms with Gasteiger partial charge in [-0.05, 0) is 44.4 Å². The fourth-order valence-electron chi connectivity index (χ4n) is 2.30. The SMILES string of the molecule is CC(C)(C(=O)NC1CC(C(=O)O)C1)c1ccc(Cl)cc1. The number of nitrogens with one attached hydrogen (secondary N) is 1. The van der Waals surface area contributed by atoms with Crippen molar-refractivity contribution in [3.8, 4) is 0 Å². The second kappa shape index (κ2) is 5.44. The molecule has 4 nitrogen and oxygen atoms in total. The number of amides is 1. The van der Waals surface area contributed by atoms with Crippen LogP contribution in [0.25, 0.3) is 0 Å². The van der Waals surface area contributed by atoms with Gasteiger partial charge in [-0.2, -0.15) is 0 Å². The number of rotatable bonds is 4. The number of hydrogen-bond donors (Lipinski definition) is 2. The summed E-state index contributed by atoms with van der Waals surface area (Å²) in [7, 11) is 0. The van der Waals surface area contributed by atoms with Gasteiger partial charge in [-0.15, -0.1) is 0 Å². The molecule has 2 rings (SSSR count). The molecule has 2 N–H and O–H groups in total. The second-order valence-corrected chi connectivity index (χ2v) is 6.25. The zero-order valence-corrected chi connectivity index (χ0v) is 12.3. The Labute approximate surface area is 123 Å². The smallest absolute Gasteiger partial charge is 0.306 e. The topological polar surface area (TPSA) is 66.4 Å². The molecule has 20 heavy (non-hydrogen) atoms. The van der Waals surface area contributed by atoms with E-state index in [4.69, 9.17) is 16.7 Å². The maximum Gasteiger partial charge on any atom is 0.306 e. The second-order valence-electron chi connectivity index (χ2n) is 5.81. The van der Waals surface area contributed by atoms with Gasteiger partial charge in [-0.3, -0.25) is 9.59 Å². The zero-order valence-electron chi connectivity index (χ0n) is 11.5. The van der Waals surface area contributed by atoms with Gasteiger partial charge < -0.3 is 10.4 Å². The number of hydrogen-bond acceptors (Lipinski definition) is 2. The number of benzene rings is 1. The number of carbonyl (C=O) groups is 2. The lowest BCUT2D eigenvalue weighted by Gasteiger charge is -2.35. The van der Waals surface area contributed by atoms with Crippen molar-refractivity contribution in [2.24, 2.45) is 5.92 Å². The fraction of sp³-hybridized carbons (Fsp3) is 0.467. The van der Waals surface area contributed by atoms with Gasteiger partial charge >= 0.3 is 5.97 Å². The largest absolute Gasteiger partial charge is 0.481 e. The lowest BCUT2D eigenvalue weighted by molar-refractivity contribution is -0.146. The molecule has 0 heterocycles. The summed E-state index contributed by atoms with van der Waals surface area (Å²) >= 11 is 5.85. The van der Waals surface area contributed by atoms with Crippen molar-refractivity contribution < 1.29 is 14.7 Å². The highest BCUT2D eigenvalue weighted by atomic mass is 35.5. The monoisotopic (exact) mass is 295 g/mol. The van der Waals surface area contributed by atoms with Crippen LogP contribution in [0.3, 0.4) is 0 Å². The van der Waals surface area contributed by atoms with Crippen molar-refractivity contribution in [2.75, 3.05) is 0 Å². The van der Waals surface area contributed by atoms with E-state index in [9.17, 15) is 9.59 Å². The van der Waals surface area contributed by atoms with E-state index in [1.54, 1.807) is 12.1 Å². The fourth-order valence-corrected chi connectivity index (χ4v) is 2.43. The predicted octanol–water partition coefficient (Wildman–Crippen LogP) is 2.60. The maximum atomic E-state index is 12.3. The van der Waals surface area contributed by atoms with E-state index in [-0.39, 0.29) is 17.9 Å². The predicted molar refractivity (Wildman–Crippen MR) is 76.8 cm³/mol. The molecule has 5 heteroatoms. The van der Waals surface area contributed by atoms with Crippen LogP contribution in [-0.4, -0.2) is 23.0 Å². The van der Waals surface area contributed by atoms with E-state index in [2.05, 4.69) is 5.32 Å². The van der Waals surface area contributed by atoms with E-state index >= 15 is 0 Å². The maximum absolute atomic E-state index is 12.3. The van der Waals surface area contributed by atoms with Crippen LogP contribution in [0.5, 0.6) is 0 Å². The Balaban J connectivity index is 1.98. The van der Waals surface area contributed by atoms with Crippen molar-refractivity contribution in [1.29, 1.82) is 0 Å². The molecular formula is C15H18ClNO3. The molecule has 1 amide bonds. The average Bonchev–Trinajstić information content (AvgIpc) is 2.32. The van der Waals surface area contributed by atoms with Gasteiger partial charge in [0.1, 0.15) is 0 Å². The number of halogens is 1. The van der Waals surface area contributed by atoms with E-state index in [1.807, 2.05) is 26.0 Å². The Morgan fingerprint density at radius 2 is 1.80 bits per heavy atom. The minimum atomic E-state index is -0.785. The highest BCUT2D eigenvalue weighted by Crippen LogP contribution is 2.30. The van der Waals surface area contributed by atoms with E-state index in [0.29, 0.717) is 17.9 Å². The van der Waals surface area contributed by atoms with Gasteiger partial charge in [-0.25, -0.2) is 0 Å². The minimum absolute atomic E-state index is 0.0322. The lowest BCUT2D eigenvalue weighted by atomic mass is 9.78. The van der Waals surface area contributed by atoms with Crippen LogP contribution in [0.4, 0.5) is 0 Å². The molecule has 1 aliphatic carbocycles. The summed E-state index contributed by atoms with van der Waals surface area (Å²) in [6.45, 7) is 3.69. The van der Waals surface area contributed by atoms with E-state index < -0.39 is 11.4 Å². The van der Waals surface area contributed by atoms with Crippen LogP contribution in [0, 0.1) is 5.92 Å². The van der Waals surface area contributed by atoms with Crippen molar-refractivity contribution in [3.05, 3.63) is 34.9 Å². The Bertz CT molecular complexity index is 518. The van der Waals surface area contributed by atoms with Gasteiger partial charge in [0, 0.05) is 11.1 Å². The molecule has 1 saturated carbocycles. The van der Waals surface area contributed by atoms with Crippen LogP contribution in [0.2, 0.25) is 5.02 Å². The van der Waals surface area contributed by atoms with E-state index in [1.165, 1.54) is 0 Å². The minimum Gasteiger partial charge on any atom is -0.481 e. The molecule has 108 valence electrons. The van der Waals surface area contributed by atoms with Gasteiger partial charge in [0.2, 0.25) is 5.91 Å². The standard InChI is InChI=1S/C15H18ClNO3/c1-15(2,10-3-5-11(16)6-4-10)14(20)17-12-7-9(8-12)13(18)19/h3-6,9,12H,7-8H2,1-2H3,(H,17,20)(H,18,19). The molecule has 1 aromatic carbocycles. The Morgan fingerprint density at radius 1 is 1.25 bits per heavy atom. The van der Waals surface area contributed by atoms with Gasteiger partial charge in [0.05, 0.1) is 11.3 Å². The van der Waals surface area contributed by atoms with Gasteiger partial charge in [0.15, 0.2) is 0 Å². The van der Waals surface area contributed by atoms with Crippen LogP contribution in [0.15, 0.2) is 24.3 Å². The molecule has 1 fully saturated rings. The number of carbonyl (C=O) groups excluding carboxylic acids is 1. The summed E-state index contributed by atoms with van der Waals surface area (Å²) < 4.78 is 0. The molecule has 0 aromatic heterocycles. The molecule has 0 unspecified atom stereocenters. The third kappa shape index (κ3) is 2.96. The molecular weight excluding hydrogens is 278 g/mol. The highest BCUT2D eigenvalue weighted by Gasteiger charge is 2.38. The first-order valence-electron chi connectivity index (χ1n) is 6.60. The summed E-state index contributed by atoms with van der Waals surface area (Å²) in [6, 6.07) is 7.16. The summed E-state index contributed by atoms with van der Waals surface area (Å²) in [5.74, 6) is -1.19. The average molecular weight is 296 g/mol. The third-order valence-corrected chi connectivity index (χ3v) is 4.21. The number of carboxylic acid groups (broad SMARTS) is 1. The van der Waals surface area contributed by atoms with E-state index in [0.717, 1.165) is 5.56 Å². The van der Waals surface area contributed by atoms with Crippen LogP contribution >= 0.6 is 11.6 Å². The number of aliphatic carboxylic acids is 1. The molecule has 1 aliphatic rings. The van der Waals surface area contributed by atoms with Crippen LogP contribution in [-0.2, 0) is 15.0 Å². The van der Waals surface area contributed by atoms with Gasteiger partial charge in [0.25, 0.3) is 0 Å². The molecule has 0 bridgehead atoms. The van der Waals surface area contributed by atoms with Gasteiger partial charge in [-0.1, -0.05) is 23.7 Å². The zero-order chi connectivity index (χ0) is 14.9. The van der Waals surface area contributed by atoms with Crippen molar-refractivity contribution in [2.45, 2.75) is 38.1 Å². The van der Waals surface area contributed by atoms with Crippen LogP contribution < -0.4 is 5.32 Å². The first-order chi connectivity index (χ1) is 9.30. The first-order valence-corrected chi connectivity index (χ1v) is 6.98. The summed E-state index contributed by atoms with van der Waals surface area (Å²) in [5.41, 5.74) is 0.215. The van der Waals surface area contributed by atoms with Crippen LogP contribution in [0.1, 0.15) is 32.3 Å². The molecule has 0 saturated heterocycles. The summed E-state index contributed by atoms with van der Waals surface area (Å²) in [4.78, 5) is 23.1. The molecule has 0 aliphatic heterocycles. The Kier molecular flexibility index (Phi) is 4.04. The van der Waals surface area contributed by atoms with Crippen molar-refractivity contribution in [3.63, 3.8) is 0 Å². The summed E-state index contributed by atoms with van der Waals surface area (Å²) in [5, 5.41) is 12.4. The Morgan fingerprint density at radius 3 is 2.30 bits per heavy atom. The van der Waals surface area contributed by atoms with Crippen molar-refractivity contribution in [1.82, 2.24) is 5.32 Å².